The van der Waals surface area contributed by atoms with Gasteiger partial charge in [-0.3, -0.25) is 9.11 Å². The van der Waals surface area contributed by atoms with E-state index in [1.54, 1.807) is 0 Å². The minimum atomic E-state index is -4.67. The second-order valence-corrected chi connectivity index (χ2v) is 11.1. The summed E-state index contributed by atoms with van der Waals surface area (Å²) in [6.07, 6.45) is 0. The Labute approximate surface area is 270 Å². The molecule has 0 amide bonds. The van der Waals surface area contributed by atoms with Crippen molar-refractivity contribution in [3.8, 4) is 45.6 Å². The zero-order valence-corrected chi connectivity index (χ0v) is 25.1. The summed E-state index contributed by atoms with van der Waals surface area (Å²) < 4.78 is 31.6. The number of benzene rings is 4. The molecule has 9 rings (SSSR count). The number of hydrogen-bond donors (Lipinski definition) is 4. The monoisotopic (exact) mass is 675 g/mol. The summed E-state index contributed by atoms with van der Waals surface area (Å²) in [6.45, 7) is 0. The molecule has 4 N–H and O–H groups in total. The van der Waals surface area contributed by atoms with E-state index < -0.39 is 10.4 Å². The molecule has 0 saturated carbocycles. The summed E-state index contributed by atoms with van der Waals surface area (Å²) in [5.41, 5.74) is 6.45. The Morgan fingerprint density at radius 2 is 0.630 bits per heavy atom. The van der Waals surface area contributed by atoms with Crippen LogP contribution < -0.4 is 0 Å². The van der Waals surface area contributed by atoms with Gasteiger partial charge in [-0.1, -0.05) is 97.1 Å². The second-order valence-electron chi connectivity index (χ2n) is 10.2. The fourth-order valence-corrected chi connectivity index (χ4v) is 5.59. The summed E-state index contributed by atoms with van der Waals surface area (Å²) in [5, 5.41) is 3.82. The van der Waals surface area contributed by atoms with Crippen LogP contribution in [0.5, 0.6) is 0 Å². The average Bonchev–Trinajstić information content (AvgIpc) is 3.76. The van der Waals surface area contributed by atoms with Crippen LogP contribution in [0.25, 0.3) is 89.7 Å². The zero-order chi connectivity index (χ0) is 30.7. The summed E-state index contributed by atoms with van der Waals surface area (Å²) in [5.74, 6) is 2.39. The van der Waals surface area contributed by atoms with Crippen LogP contribution in [0.15, 0.2) is 97.1 Å². The molecule has 7 aromatic rings. The Kier molecular flexibility index (Phi) is 7.15. The maximum Gasteiger partial charge on any atom is 0.394 e. The van der Waals surface area contributed by atoms with Gasteiger partial charge in [-0.2, -0.15) is 8.42 Å². The average molecular weight is 676 g/mol. The molecular weight excluding hydrogens is 656 g/mol. The fourth-order valence-electron chi connectivity index (χ4n) is 5.59. The zero-order valence-electron chi connectivity index (χ0n) is 23.3. The van der Waals surface area contributed by atoms with Crippen LogP contribution in [0.4, 0.5) is 0 Å². The molecule has 0 aliphatic carbocycles. The number of rotatable bonds is 0. The summed E-state index contributed by atoms with van der Waals surface area (Å²) in [6, 6.07) is 32.2. The molecule has 12 nitrogen and oxygen atoms in total. The van der Waals surface area contributed by atoms with E-state index >= 15 is 0 Å². The molecule has 0 atom stereocenters. The normalized spacial score (nSPS) is 11.7. The molecule has 14 heteroatoms. The van der Waals surface area contributed by atoms with Gasteiger partial charge in [0.25, 0.3) is 0 Å². The van der Waals surface area contributed by atoms with Crippen molar-refractivity contribution in [3.05, 3.63) is 97.1 Å². The molecule has 0 saturated heterocycles. The first-order valence-corrected chi connectivity index (χ1v) is 15.1. The first-order chi connectivity index (χ1) is 21.8. The molecule has 46 heavy (non-hydrogen) atoms. The van der Waals surface area contributed by atoms with E-state index in [2.05, 4.69) is 9.97 Å². The number of H-pyrrole nitrogens is 2. The Morgan fingerprint density at radius 1 is 0.413 bits per heavy atom. The van der Waals surface area contributed by atoms with E-state index in [1.807, 2.05) is 97.1 Å². The van der Waals surface area contributed by atoms with Gasteiger partial charge in [-0.15, -0.1) is 0 Å². The molecule has 2 aliphatic rings. The molecule has 2 aliphatic heterocycles. The first kappa shape index (κ1) is 29.3. The Bertz CT molecular complexity index is 2290. The molecule has 8 bridgehead atoms. The van der Waals surface area contributed by atoms with E-state index in [4.69, 9.17) is 47.4 Å². The van der Waals surface area contributed by atoms with Gasteiger partial charge in [0.2, 0.25) is 0 Å². The molecule has 3 aromatic heterocycles. The summed E-state index contributed by atoms with van der Waals surface area (Å²) in [4.78, 5) is 36.8. The Balaban J connectivity index is 0.000000526. The van der Waals surface area contributed by atoms with Crippen molar-refractivity contribution in [3.63, 3.8) is 0 Å². The number of nitrogens with zero attached hydrogens (tertiary/aromatic N) is 6. The van der Waals surface area contributed by atoms with Gasteiger partial charge in [-0.05, 0) is 0 Å². The molecule has 5 heterocycles. The molecule has 229 valence electrons. The van der Waals surface area contributed by atoms with Crippen LogP contribution in [-0.4, -0.2) is 57.4 Å². The van der Waals surface area contributed by atoms with Crippen LogP contribution >= 0.6 is 0 Å². The predicted octanol–water partition coefficient (Wildman–Crippen LogP) is 6.21. The third kappa shape index (κ3) is 5.19. The van der Waals surface area contributed by atoms with Crippen LogP contribution in [0.3, 0.4) is 0 Å². The van der Waals surface area contributed by atoms with Crippen molar-refractivity contribution in [1.29, 1.82) is 0 Å². The van der Waals surface area contributed by atoms with Crippen molar-refractivity contribution in [2.45, 2.75) is 0 Å². The number of nitrogens with one attached hydrogen (secondary N) is 2. The largest absolute Gasteiger partial charge is 0.394 e. The van der Waals surface area contributed by atoms with E-state index in [1.165, 1.54) is 0 Å². The van der Waals surface area contributed by atoms with Crippen LogP contribution in [0.1, 0.15) is 0 Å². The summed E-state index contributed by atoms with van der Waals surface area (Å²) in [7, 11) is -4.67. The van der Waals surface area contributed by atoms with E-state index in [-0.39, 0.29) is 17.1 Å². The number of aromatic amines is 2. The quantitative estimate of drug-likeness (QED) is 0.106. The minimum absolute atomic E-state index is 0. The Hall–Kier alpha value is -5.37. The minimum Gasteiger partial charge on any atom is -0.324 e. The summed E-state index contributed by atoms with van der Waals surface area (Å²) >= 11 is 0. The molecule has 0 fully saturated rings. The van der Waals surface area contributed by atoms with Gasteiger partial charge in [0.1, 0.15) is 22.6 Å². The van der Waals surface area contributed by atoms with Gasteiger partial charge in [0, 0.05) is 60.9 Å². The Morgan fingerprint density at radius 3 is 0.870 bits per heavy atom. The standard InChI is InChI=1S/C32H18N8.Cu.H2O4S/c1-2-10-18-17(9-1)25-33-26(18)38-28-21-13-5-6-14-22(21)30(35-28)40-32-24-16-8-7-15-23(24)31(36-32)39-29-20-12-4-3-11-19(20)27(34-29)37-25;;1-5(2,3)4/h1-16H,(H2,33,34,35,36,37,38,39,40);;(H2,1,2,3,4). The van der Waals surface area contributed by atoms with Crippen LogP contribution in [0, 0.1) is 0 Å². The van der Waals surface area contributed by atoms with Crippen molar-refractivity contribution in [2.75, 3.05) is 0 Å². The molecule has 1 radical (unpaired) electrons. The van der Waals surface area contributed by atoms with Crippen molar-refractivity contribution in [2.24, 2.45) is 0 Å². The number of fused-ring (bicyclic) bond motifs is 20. The molecule has 4 aromatic carbocycles. The number of hydrogen-bond acceptors (Lipinski definition) is 8. The smallest absolute Gasteiger partial charge is 0.324 e. The SMILES string of the molecule is O=S(=O)(O)O.[Cu].c1ccc2c(c1)-c1nc-2nc2[nH]c(nc3nc(nc4[nH]c(n1)c1ccccc41)-c1ccccc1-3)c1ccccc21. The maximum absolute atomic E-state index is 8.74. The van der Waals surface area contributed by atoms with Crippen molar-refractivity contribution in [1.82, 2.24) is 39.9 Å². The van der Waals surface area contributed by atoms with E-state index in [0.29, 0.717) is 45.9 Å². The first-order valence-electron chi connectivity index (χ1n) is 13.7. The second kappa shape index (κ2) is 11.2. The fraction of sp³-hybridized carbons (Fsp3) is 0. The third-order valence-electron chi connectivity index (χ3n) is 7.46. The van der Waals surface area contributed by atoms with E-state index in [9.17, 15) is 0 Å². The van der Waals surface area contributed by atoms with Crippen molar-refractivity contribution < 1.29 is 34.6 Å². The topological polar surface area (TPSA) is 184 Å². The van der Waals surface area contributed by atoms with Crippen LogP contribution in [0.2, 0.25) is 0 Å². The van der Waals surface area contributed by atoms with E-state index in [0.717, 1.165) is 43.8 Å². The van der Waals surface area contributed by atoms with Gasteiger partial charge >= 0.3 is 10.4 Å². The predicted molar refractivity (Wildman–Crippen MR) is 170 cm³/mol. The van der Waals surface area contributed by atoms with Crippen molar-refractivity contribution >= 4 is 54.5 Å². The van der Waals surface area contributed by atoms with Gasteiger partial charge in [-0.25, -0.2) is 29.9 Å². The molecule has 0 unspecified atom stereocenters. The molecular formula is C32H20CuN8O4S. The van der Waals surface area contributed by atoms with Gasteiger partial charge < -0.3 is 9.97 Å². The van der Waals surface area contributed by atoms with Gasteiger partial charge in [0.15, 0.2) is 23.3 Å². The van der Waals surface area contributed by atoms with Crippen LogP contribution in [-0.2, 0) is 27.5 Å². The maximum atomic E-state index is 8.74. The molecule has 0 spiro atoms. The van der Waals surface area contributed by atoms with Gasteiger partial charge in [0.05, 0.1) is 0 Å². The number of aromatic nitrogens is 8. The third-order valence-corrected chi connectivity index (χ3v) is 7.46.